The first-order chi connectivity index (χ1) is 10.2. The van der Waals surface area contributed by atoms with Crippen LogP contribution in [0.3, 0.4) is 0 Å². The highest BCUT2D eigenvalue weighted by Gasteiger charge is 2.17. The summed E-state index contributed by atoms with van der Waals surface area (Å²) in [6.45, 7) is 0. The Morgan fingerprint density at radius 2 is 1.86 bits per heavy atom. The summed E-state index contributed by atoms with van der Waals surface area (Å²) in [5, 5.41) is 5.51. The van der Waals surface area contributed by atoms with E-state index in [1.54, 1.807) is 0 Å². The van der Waals surface area contributed by atoms with E-state index in [2.05, 4.69) is 45.5 Å². The normalized spacial score (nSPS) is 12.8. The first-order valence-electron chi connectivity index (χ1n) is 6.82. The van der Waals surface area contributed by atoms with Crippen LogP contribution in [0.15, 0.2) is 46.3 Å². The molecule has 0 unspecified atom stereocenters. The molecular weight excluding hydrogens is 346 g/mol. The number of carbonyl (C=O) groups is 1. The summed E-state index contributed by atoms with van der Waals surface area (Å²) in [6, 6.07) is 14.2. The third-order valence-corrected chi connectivity index (χ3v) is 5.54. The van der Waals surface area contributed by atoms with Gasteiger partial charge in [-0.1, -0.05) is 24.3 Å². The van der Waals surface area contributed by atoms with Gasteiger partial charge in [0.15, 0.2) is 0 Å². The fourth-order valence-electron chi connectivity index (χ4n) is 2.98. The minimum absolute atomic E-state index is 0.0515. The van der Waals surface area contributed by atoms with Gasteiger partial charge in [0.2, 0.25) is 0 Å². The van der Waals surface area contributed by atoms with Gasteiger partial charge in [0.05, 0.1) is 8.66 Å². The van der Waals surface area contributed by atoms with E-state index in [0.29, 0.717) is 4.88 Å². The number of hydrogen-bond donors (Lipinski definition) is 1. The third-order valence-electron chi connectivity index (χ3n) is 3.92. The highest BCUT2D eigenvalue weighted by molar-refractivity contribution is 9.11. The largest absolute Gasteiger partial charge is 0.321 e. The van der Waals surface area contributed by atoms with Crippen molar-refractivity contribution in [2.75, 3.05) is 5.32 Å². The predicted octanol–water partition coefficient (Wildman–Crippen LogP) is 5.01. The number of hydrogen-bond acceptors (Lipinski definition) is 2. The van der Waals surface area contributed by atoms with Crippen LogP contribution in [0.25, 0.3) is 10.8 Å². The van der Waals surface area contributed by atoms with Crippen LogP contribution in [-0.2, 0) is 12.8 Å². The molecule has 1 aliphatic carbocycles. The third kappa shape index (κ3) is 2.19. The summed E-state index contributed by atoms with van der Waals surface area (Å²) in [5.41, 5.74) is 3.67. The fraction of sp³-hybridized carbons (Fsp3) is 0.118. The zero-order chi connectivity index (χ0) is 14.4. The molecular formula is C17H12BrNOS. The van der Waals surface area contributed by atoms with E-state index in [9.17, 15) is 4.79 Å². The van der Waals surface area contributed by atoms with Crippen molar-refractivity contribution in [3.8, 4) is 0 Å². The van der Waals surface area contributed by atoms with Crippen molar-refractivity contribution in [1.29, 1.82) is 0 Å². The molecule has 21 heavy (non-hydrogen) atoms. The lowest BCUT2D eigenvalue weighted by molar-refractivity contribution is 0.103. The monoisotopic (exact) mass is 357 g/mol. The Morgan fingerprint density at radius 1 is 1.05 bits per heavy atom. The van der Waals surface area contributed by atoms with Crippen LogP contribution in [0.1, 0.15) is 20.8 Å². The van der Waals surface area contributed by atoms with Crippen LogP contribution in [0, 0.1) is 0 Å². The van der Waals surface area contributed by atoms with Crippen molar-refractivity contribution < 1.29 is 4.79 Å². The molecule has 0 radical (unpaired) electrons. The smallest absolute Gasteiger partial charge is 0.265 e. The van der Waals surface area contributed by atoms with Crippen molar-refractivity contribution >= 4 is 49.6 Å². The molecule has 3 aromatic rings. The Labute approximate surface area is 134 Å². The Hall–Kier alpha value is -1.65. The Morgan fingerprint density at radius 3 is 2.62 bits per heavy atom. The summed E-state index contributed by atoms with van der Waals surface area (Å²) < 4.78 is 0.966. The summed E-state index contributed by atoms with van der Waals surface area (Å²) in [7, 11) is 0. The van der Waals surface area contributed by atoms with E-state index < -0.39 is 0 Å². The molecule has 0 atom stereocenters. The molecule has 4 rings (SSSR count). The second-order valence-corrected chi connectivity index (χ2v) is 7.63. The number of amides is 1. The SMILES string of the molecule is O=C(Nc1ccc2c3c(cccc13)CC2)c1ccc(Br)s1. The molecule has 0 bridgehead atoms. The molecule has 4 heteroatoms. The molecule has 1 amide bonds. The lowest BCUT2D eigenvalue weighted by Crippen LogP contribution is -2.10. The van der Waals surface area contributed by atoms with Gasteiger partial charge in [-0.2, -0.15) is 0 Å². The van der Waals surface area contributed by atoms with Gasteiger partial charge in [0.25, 0.3) is 5.91 Å². The van der Waals surface area contributed by atoms with Gasteiger partial charge in [-0.3, -0.25) is 4.79 Å². The van der Waals surface area contributed by atoms with Crippen LogP contribution in [0.5, 0.6) is 0 Å². The van der Waals surface area contributed by atoms with Crippen LogP contribution in [0.2, 0.25) is 0 Å². The quantitative estimate of drug-likeness (QED) is 0.685. The van der Waals surface area contributed by atoms with Crippen LogP contribution in [-0.4, -0.2) is 5.91 Å². The Bertz CT molecular complexity index is 858. The van der Waals surface area contributed by atoms with E-state index >= 15 is 0 Å². The van der Waals surface area contributed by atoms with E-state index in [1.165, 1.54) is 27.8 Å². The van der Waals surface area contributed by atoms with Crippen LogP contribution < -0.4 is 5.32 Å². The van der Waals surface area contributed by atoms with Gasteiger partial charge in [0, 0.05) is 11.1 Å². The second-order valence-electron chi connectivity index (χ2n) is 5.17. The number of rotatable bonds is 2. The van der Waals surface area contributed by atoms with E-state index in [-0.39, 0.29) is 5.91 Å². The summed E-state index contributed by atoms with van der Waals surface area (Å²) in [4.78, 5) is 13.0. The zero-order valence-corrected chi connectivity index (χ0v) is 13.6. The molecule has 1 heterocycles. The number of nitrogens with one attached hydrogen (secondary N) is 1. The minimum Gasteiger partial charge on any atom is -0.321 e. The molecule has 0 saturated heterocycles. The molecule has 1 N–H and O–H groups in total. The van der Waals surface area contributed by atoms with Crippen LogP contribution >= 0.6 is 27.3 Å². The van der Waals surface area contributed by atoms with E-state index in [1.807, 2.05) is 18.2 Å². The molecule has 0 fully saturated rings. The van der Waals surface area contributed by atoms with Gasteiger partial charge >= 0.3 is 0 Å². The molecule has 1 aliphatic rings. The van der Waals surface area contributed by atoms with E-state index in [4.69, 9.17) is 0 Å². The lowest BCUT2D eigenvalue weighted by atomic mass is 10.0. The number of thiophene rings is 1. The standard InChI is InChI=1S/C17H12BrNOS/c18-15-9-8-14(21-15)17(20)19-13-7-6-11-5-4-10-2-1-3-12(13)16(10)11/h1-3,6-9H,4-5H2,(H,19,20). The first kappa shape index (κ1) is 13.0. The van der Waals surface area contributed by atoms with Crippen molar-refractivity contribution in [2.45, 2.75) is 12.8 Å². The lowest BCUT2D eigenvalue weighted by Gasteiger charge is -2.10. The second kappa shape index (κ2) is 4.97. The van der Waals surface area contributed by atoms with Gasteiger partial charge in [0.1, 0.15) is 0 Å². The molecule has 0 saturated carbocycles. The van der Waals surface area contributed by atoms with Crippen molar-refractivity contribution in [2.24, 2.45) is 0 Å². The molecule has 0 aliphatic heterocycles. The van der Waals surface area contributed by atoms with Gasteiger partial charge in [-0.25, -0.2) is 0 Å². The topological polar surface area (TPSA) is 29.1 Å². The molecule has 1 aromatic heterocycles. The summed E-state index contributed by atoms with van der Waals surface area (Å²) >= 11 is 4.84. The number of halogens is 1. The average molecular weight is 358 g/mol. The van der Waals surface area contributed by atoms with Gasteiger partial charge < -0.3 is 5.32 Å². The average Bonchev–Trinajstić information content (AvgIpc) is 3.10. The molecule has 2 aromatic carbocycles. The maximum atomic E-state index is 12.3. The Kier molecular flexibility index (Phi) is 3.08. The van der Waals surface area contributed by atoms with Gasteiger partial charge in [-0.15, -0.1) is 11.3 Å². The number of carbonyl (C=O) groups excluding carboxylic acids is 1. The summed E-state index contributed by atoms with van der Waals surface area (Å²) in [6.07, 6.45) is 2.20. The maximum Gasteiger partial charge on any atom is 0.265 e. The molecule has 2 nitrogen and oxygen atoms in total. The van der Waals surface area contributed by atoms with Gasteiger partial charge in [-0.05, 0) is 63.5 Å². The zero-order valence-electron chi connectivity index (χ0n) is 11.2. The van der Waals surface area contributed by atoms with Crippen molar-refractivity contribution in [3.63, 3.8) is 0 Å². The molecule has 0 spiro atoms. The highest BCUT2D eigenvalue weighted by Crippen LogP contribution is 2.35. The van der Waals surface area contributed by atoms with E-state index in [0.717, 1.165) is 27.7 Å². The maximum absolute atomic E-state index is 12.3. The molecule has 104 valence electrons. The number of aryl methyl sites for hydroxylation is 2. The van der Waals surface area contributed by atoms with Crippen LogP contribution in [0.4, 0.5) is 5.69 Å². The first-order valence-corrected chi connectivity index (χ1v) is 8.43. The summed E-state index contributed by atoms with van der Waals surface area (Å²) in [5.74, 6) is -0.0515. The predicted molar refractivity (Wildman–Crippen MR) is 91.3 cm³/mol. The Balaban J connectivity index is 1.76. The van der Waals surface area contributed by atoms with Crippen molar-refractivity contribution in [1.82, 2.24) is 0 Å². The fourth-order valence-corrected chi connectivity index (χ4v) is 4.26. The number of anilines is 1. The minimum atomic E-state index is -0.0515. The number of benzene rings is 2. The highest BCUT2D eigenvalue weighted by atomic mass is 79.9. The van der Waals surface area contributed by atoms with Crippen molar-refractivity contribution in [3.05, 3.63) is 62.3 Å².